The predicted octanol–water partition coefficient (Wildman–Crippen LogP) is 0.587. The van der Waals surface area contributed by atoms with Gasteiger partial charge in [0.1, 0.15) is 0 Å². The molecule has 18 heavy (non-hydrogen) atoms. The number of aliphatic carboxylic acids is 1. The summed E-state index contributed by atoms with van der Waals surface area (Å²) >= 11 is 0. The first-order chi connectivity index (χ1) is 8.49. The molecular weight excluding hydrogens is 234 g/mol. The highest BCUT2D eigenvalue weighted by Crippen LogP contribution is 2.08. The molecule has 2 amide bonds. The fourth-order valence-electron chi connectivity index (χ4n) is 2.01. The first-order valence-corrected chi connectivity index (χ1v) is 6.41. The molecule has 0 aromatic heterocycles. The topological polar surface area (TPSA) is 72.9 Å². The van der Waals surface area contributed by atoms with Crippen molar-refractivity contribution in [1.29, 1.82) is 0 Å². The Morgan fingerprint density at radius 2 is 2.00 bits per heavy atom. The molecule has 0 unspecified atom stereocenters. The van der Waals surface area contributed by atoms with Crippen LogP contribution >= 0.6 is 0 Å². The van der Waals surface area contributed by atoms with Crippen molar-refractivity contribution >= 4 is 12.0 Å². The Labute approximate surface area is 108 Å². The van der Waals surface area contributed by atoms with Gasteiger partial charge in [-0.2, -0.15) is 0 Å². The van der Waals surface area contributed by atoms with Gasteiger partial charge in [-0.05, 0) is 39.4 Å². The molecule has 2 N–H and O–H groups in total. The first-order valence-electron chi connectivity index (χ1n) is 6.41. The monoisotopic (exact) mass is 257 g/mol. The van der Waals surface area contributed by atoms with Crippen LogP contribution in [-0.4, -0.2) is 66.7 Å². The van der Waals surface area contributed by atoms with Gasteiger partial charge < -0.3 is 20.2 Å². The maximum Gasteiger partial charge on any atom is 0.317 e. The lowest BCUT2D eigenvalue weighted by molar-refractivity contribution is -0.137. The molecule has 0 aliphatic carbocycles. The van der Waals surface area contributed by atoms with Gasteiger partial charge in [0.25, 0.3) is 0 Å². The molecule has 1 aliphatic heterocycles. The number of amides is 2. The number of urea groups is 1. The van der Waals surface area contributed by atoms with E-state index in [0.717, 1.165) is 25.9 Å². The van der Waals surface area contributed by atoms with Crippen LogP contribution in [0, 0.1) is 0 Å². The zero-order valence-electron chi connectivity index (χ0n) is 11.2. The van der Waals surface area contributed by atoms with E-state index < -0.39 is 5.97 Å². The Morgan fingerprint density at radius 1 is 1.39 bits per heavy atom. The van der Waals surface area contributed by atoms with Gasteiger partial charge in [-0.15, -0.1) is 0 Å². The van der Waals surface area contributed by atoms with E-state index in [4.69, 9.17) is 5.11 Å². The second-order valence-electron chi connectivity index (χ2n) is 4.95. The Bertz CT molecular complexity index is 288. The number of carbonyl (C=O) groups excluding carboxylic acids is 1. The number of nitrogens with zero attached hydrogens (tertiary/aromatic N) is 2. The third-order valence-corrected chi connectivity index (χ3v) is 3.28. The summed E-state index contributed by atoms with van der Waals surface area (Å²) in [5.74, 6) is -0.820. The Kier molecular flexibility index (Phi) is 5.91. The van der Waals surface area contributed by atoms with Gasteiger partial charge in [-0.3, -0.25) is 4.79 Å². The van der Waals surface area contributed by atoms with Crippen molar-refractivity contribution in [3.05, 3.63) is 0 Å². The van der Waals surface area contributed by atoms with Crippen molar-refractivity contribution in [3.63, 3.8) is 0 Å². The molecule has 0 bridgehead atoms. The average molecular weight is 257 g/mol. The minimum absolute atomic E-state index is 0.102. The summed E-state index contributed by atoms with van der Waals surface area (Å²) in [7, 11) is 3.78. The van der Waals surface area contributed by atoms with Crippen molar-refractivity contribution in [2.45, 2.75) is 31.7 Å². The molecule has 1 fully saturated rings. The van der Waals surface area contributed by atoms with E-state index in [1.165, 1.54) is 0 Å². The van der Waals surface area contributed by atoms with Crippen LogP contribution in [0.4, 0.5) is 4.79 Å². The zero-order valence-corrected chi connectivity index (χ0v) is 11.2. The molecule has 1 rings (SSSR count). The molecule has 104 valence electrons. The Hall–Kier alpha value is -1.30. The molecule has 0 aromatic rings. The van der Waals surface area contributed by atoms with Gasteiger partial charge in [-0.1, -0.05) is 0 Å². The predicted molar refractivity (Wildman–Crippen MR) is 68.6 cm³/mol. The minimum Gasteiger partial charge on any atom is -0.481 e. The lowest BCUT2D eigenvalue weighted by atomic mass is 10.1. The van der Waals surface area contributed by atoms with Crippen LogP contribution in [0.2, 0.25) is 0 Å². The molecule has 1 aliphatic rings. The second kappa shape index (κ2) is 7.20. The van der Waals surface area contributed by atoms with E-state index in [-0.39, 0.29) is 18.5 Å². The van der Waals surface area contributed by atoms with Crippen LogP contribution in [0.5, 0.6) is 0 Å². The maximum atomic E-state index is 11.8. The summed E-state index contributed by atoms with van der Waals surface area (Å²) in [6, 6.07) is 0.144. The number of hydrogen-bond donors (Lipinski definition) is 2. The van der Waals surface area contributed by atoms with Crippen molar-refractivity contribution in [3.8, 4) is 0 Å². The highest BCUT2D eigenvalue weighted by molar-refractivity contribution is 5.74. The summed E-state index contributed by atoms with van der Waals surface area (Å²) in [4.78, 5) is 26.0. The lowest BCUT2D eigenvalue weighted by Gasteiger charge is -2.30. The van der Waals surface area contributed by atoms with Crippen LogP contribution in [-0.2, 0) is 4.79 Å². The van der Waals surface area contributed by atoms with Crippen molar-refractivity contribution < 1.29 is 14.7 Å². The summed E-state index contributed by atoms with van der Waals surface area (Å²) in [5.41, 5.74) is 0. The van der Waals surface area contributed by atoms with Gasteiger partial charge in [0, 0.05) is 26.1 Å². The number of nitrogens with one attached hydrogen (secondary N) is 1. The van der Waals surface area contributed by atoms with E-state index in [1.54, 1.807) is 11.9 Å². The average Bonchev–Trinajstić information content (AvgIpc) is 2.31. The SMILES string of the molecule is CN1CCC(NC(=O)N(C)CCCC(=O)O)CC1. The van der Waals surface area contributed by atoms with Crippen molar-refractivity contribution in [2.75, 3.05) is 33.7 Å². The molecule has 0 radical (unpaired) electrons. The Balaban J connectivity index is 2.20. The number of carboxylic acids is 1. The minimum atomic E-state index is -0.820. The van der Waals surface area contributed by atoms with E-state index >= 15 is 0 Å². The van der Waals surface area contributed by atoms with Crippen LogP contribution in [0.3, 0.4) is 0 Å². The zero-order chi connectivity index (χ0) is 13.5. The highest BCUT2D eigenvalue weighted by atomic mass is 16.4. The number of hydrogen-bond acceptors (Lipinski definition) is 3. The van der Waals surface area contributed by atoms with Gasteiger partial charge in [-0.25, -0.2) is 4.79 Å². The molecule has 0 spiro atoms. The third kappa shape index (κ3) is 5.35. The molecule has 6 heteroatoms. The third-order valence-electron chi connectivity index (χ3n) is 3.28. The molecule has 1 heterocycles. The first kappa shape index (κ1) is 14.8. The van der Waals surface area contributed by atoms with Crippen LogP contribution in [0.1, 0.15) is 25.7 Å². The normalized spacial score (nSPS) is 17.4. The lowest BCUT2D eigenvalue weighted by Crippen LogP contribution is -2.47. The molecular formula is C12H23N3O3. The van der Waals surface area contributed by atoms with Crippen molar-refractivity contribution in [2.24, 2.45) is 0 Å². The van der Waals surface area contributed by atoms with Crippen LogP contribution in [0.15, 0.2) is 0 Å². The molecule has 6 nitrogen and oxygen atoms in total. The standard InChI is InChI=1S/C12H23N3O3/c1-14-8-5-10(6-9-14)13-12(18)15(2)7-3-4-11(16)17/h10H,3-9H2,1-2H3,(H,13,18)(H,16,17). The van der Waals surface area contributed by atoms with Crippen LogP contribution < -0.4 is 5.32 Å². The summed E-state index contributed by atoms with van der Waals surface area (Å²) in [6.07, 6.45) is 2.55. The van der Waals surface area contributed by atoms with E-state index in [9.17, 15) is 9.59 Å². The number of rotatable bonds is 5. The summed E-state index contributed by atoms with van der Waals surface area (Å²) in [6.45, 7) is 2.49. The van der Waals surface area contributed by atoms with Gasteiger partial charge >= 0.3 is 12.0 Å². The largest absolute Gasteiger partial charge is 0.481 e. The Morgan fingerprint density at radius 3 is 2.56 bits per heavy atom. The number of likely N-dealkylation sites (tertiary alicyclic amines) is 1. The molecule has 1 saturated heterocycles. The smallest absolute Gasteiger partial charge is 0.317 e. The van der Waals surface area contributed by atoms with Gasteiger partial charge in [0.15, 0.2) is 0 Å². The van der Waals surface area contributed by atoms with Crippen molar-refractivity contribution in [1.82, 2.24) is 15.1 Å². The highest BCUT2D eigenvalue weighted by Gasteiger charge is 2.19. The fourth-order valence-corrected chi connectivity index (χ4v) is 2.01. The molecule has 0 atom stereocenters. The number of carboxylic acid groups (broad SMARTS) is 1. The number of piperidine rings is 1. The van der Waals surface area contributed by atoms with E-state index in [0.29, 0.717) is 13.0 Å². The second-order valence-corrected chi connectivity index (χ2v) is 4.95. The van der Waals surface area contributed by atoms with E-state index in [1.807, 2.05) is 0 Å². The summed E-state index contributed by atoms with van der Waals surface area (Å²) < 4.78 is 0. The molecule has 0 saturated carbocycles. The van der Waals surface area contributed by atoms with Crippen LogP contribution in [0.25, 0.3) is 0 Å². The van der Waals surface area contributed by atoms with Gasteiger partial charge in [0.05, 0.1) is 0 Å². The fraction of sp³-hybridized carbons (Fsp3) is 0.833. The molecule has 0 aromatic carbocycles. The van der Waals surface area contributed by atoms with Gasteiger partial charge in [0.2, 0.25) is 0 Å². The maximum absolute atomic E-state index is 11.8. The van der Waals surface area contributed by atoms with E-state index in [2.05, 4.69) is 17.3 Å². The quantitative estimate of drug-likeness (QED) is 0.756. The summed E-state index contributed by atoms with van der Waals surface area (Å²) in [5, 5.41) is 11.5. The number of carbonyl (C=O) groups is 2.